The zero-order chi connectivity index (χ0) is 21.2. The summed E-state index contributed by atoms with van der Waals surface area (Å²) < 4.78 is 5.56. The number of hydrogen-bond donors (Lipinski definition) is 0. The highest BCUT2D eigenvalue weighted by molar-refractivity contribution is 5.91. The van der Waals surface area contributed by atoms with Crippen molar-refractivity contribution in [2.45, 2.75) is 58.8 Å². The fraction of sp³-hybridized carbons (Fsp3) is 0.321. The smallest absolute Gasteiger partial charge is 0.343 e. The number of rotatable bonds is 10. The first-order valence-corrected chi connectivity index (χ1v) is 11.2. The van der Waals surface area contributed by atoms with E-state index >= 15 is 0 Å². The van der Waals surface area contributed by atoms with Crippen LogP contribution in [0.15, 0.2) is 72.8 Å². The molecule has 2 heteroatoms. The maximum atomic E-state index is 12.5. The first kappa shape index (κ1) is 21.8. The summed E-state index contributed by atoms with van der Waals surface area (Å²) in [6.07, 6.45) is 8.17. The number of carbonyl (C=O) groups is 1. The number of esters is 1. The summed E-state index contributed by atoms with van der Waals surface area (Å²) in [6.45, 7) is 4.41. The molecule has 0 saturated carbocycles. The Hall–Kier alpha value is -2.87. The summed E-state index contributed by atoms with van der Waals surface area (Å²) in [5, 5.41) is 0. The maximum absolute atomic E-state index is 12.5. The van der Waals surface area contributed by atoms with Gasteiger partial charge in [-0.25, -0.2) is 4.79 Å². The van der Waals surface area contributed by atoms with Gasteiger partial charge in [-0.1, -0.05) is 81.6 Å². The minimum atomic E-state index is -0.320. The molecule has 0 atom stereocenters. The van der Waals surface area contributed by atoms with Crippen molar-refractivity contribution < 1.29 is 9.53 Å². The summed E-state index contributed by atoms with van der Waals surface area (Å²) in [5.74, 6) is 0.268. The minimum absolute atomic E-state index is 0.320. The Morgan fingerprint density at radius 1 is 0.733 bits per heavy atom. The van der Waals surface area contributed by atoms with Gasteiger partial charge < -0.3 is 4.74 Å². The van der Waals surface area contributed by atoms with Crippen molar-refractivity contribution in [2.75, 3.05) is 0 Å². The van der Waals surface area contributed by atoms with E-state index in [0.29, 0.717) is 11.3 Å². The molecule has 3 rings (SSSR count). The normalized spacial score (nSPS) is 10.7. The van der Waals surface area contributed by atoms with E-state index in [9.17, 15) is 4.79 Å². The van der Waals surface area contributed by atoms with Crippen molar-refractivity contribution >= 4 is 5.97 Å². The van der Waals surface area contributed by atoms with E-state index < -0.39 is 0 Å². The summed E-state index contributed by atoms with van der Waals surface area (Å²) >= 11 is 0. The molecule has 0 N–H and O–H groups in total. The predicted molar refractivity (Wildman–Crippen MR) is 125 cm³/mol. The van der Waals surface area contributed by atoms with Crippen molar-refractivity contribution in [3.63, 3.8) is 0 Å². The molecular weight excluding hydrogens is 368 g/mol. The Morgan fingerprint density at radius 2 is 1.43 bits per heavy atom. The van der Waals surface area contributed by atoms with Crippen molar-refractivity contribution in [3.8, 4) is 16.9 Å². The molecule has 156 valence electrons. The largest absolute Gasteiger partial charge is 0.423 e. The summed E-state index contributed by atoms with van der Waals surface area (Å²) in [4.78, 5) is 12.5. The van der Waals surface area contributed by atoms with Gasteiger partial charge in [-0.2, -0.15) is 0 Å². The van der Waals surface area contributed by atoms with Gasteiger partial charge in [0, 0.05) is 0 Å². The van der Waals surface area contributed by atoms with Gasteiger partial charge in [-0.15, -0.1) is 0 Å². The molecule has 0 aliphatic carbocycles. The summed E-state index contributed by atoms with van der Waals surface area (Å²) in [7, 11) is 0. The molecule has 0 unspecified atom stereocenters. The minimum Gasteiger partial charge on any atom is -0.423 e. The van der Waals surface area contributed by atoms with Crippen molar-refractivity contribution in [3.05, 3.63) is 89.5 Å². The highest BCUT2D eigenvalue weighted by Crippen LogP contribution is 2.26. The number of carbonyl (C=O) groups excluding carboxylic acids is 1. The number of ether oxygens (including phenoxy) is 1. The van der Waals surface area contributed by atoms with Crippen LogP contribution in [0.1, 0.15) is 67.4 Å². The lowest BCUT2D eigenvalue weighted by Crippen LogP contribution is -2.08. The Kier molecular flexibility index (Phi) is 8.26. The fourth-order valence-corrected chi connectivity index (χ4v) is 3.64. The van der Waals surface area contributed by atoms with Crippen molar-refractivity contribution in [1.29, 1.82) is 0 Å². The highest BCUT2D eigenvalue weighted by atomic mass is 16.5. The molecule has 3 aromatic rings. The Labute approximate surface area is 180 Å². The Bertz CT molecular complexity index is 924. The monoisotopic (exact) mass is 400 g/mol. The maximum Gasteiger partial charge on any atom is 0.343 e. The molecule has 0 saturated heterocycles. The molecule has 0 radical (unpaired) electrons. The van der Waals surface area contributed by atoms with Crippen molar-refractivity contribution in [1.82, 2.24) is 0 Å². The lowest BCUT2D eigenvalue weighted by atomic mass is 9.95. The summed E-state index contributed by atoms with van der Waals surface area (Å²) in [6, 6.07) is 24.1. The van der Waals surface area contributed by atoms with Crippen LogP contribution in [0.3, 0.4) is 0 Å². The zero-order valence-corrected chi connectivity index (χ0v) is 18.2. The van der Waals surface area contributed by atoms with Gasteiger partial charge in [-0.3, -0.25) is 0 Å². The Morgan fingerprint density at radius 3 is 2.13 bits per heavy atom. The summed E-state index contributed by atoms with van der Waals surface area (Å²) in [5.41, 5.74) is 5.59. The molecule has 3 aromatic carbocycles. The van der Waals surface area contributed by atoms with E-state index in [1.54, 1.807) is 0 Å². The molecule has 0 aliphatic rings. The number of benzene rings is 3. The van der Waals surface area contributed by atoms with Gasteiger partial charge in [0.15, 0.2) is 0 Å². The molecule has 0 heterocycles. The van der Waals surface area contributed by atoms with E-state index in [1.165, 1.54) is 48.8 Å². The van der Waals surface area contributed by atoms with E-state index in [-0.39, 0.29) is 5.97 Å². The highest BCUT2D eigenvalue weighted by Gasteiger charge is 2.10. The van der Waals surface area contributed by atoms with Crippen LogP contribution in [-0.2, 0) is 12.8 Å². The third-order valence-corrected chi connectivity index (χ3v) is 5.45. The molecule has 0 fully saturated rings. The second-order valence-electron chi connectivity index (χ2n) is 7.83. The van der Waals surface area contributed by atoms with Crippen LogP contribution in [0.4, 0.5) is 0 Å². The van der Waals surface area contributed by atoms with Gasteiger partial charge in [0.1, 0.15) is 5.75 Å². The van der Waals surface area contributed by atoms with Crippen molar-refractivity contribution in [2.24, 2.45) is 0 Å². The van der Waals surface area contributed by atoms with Crippen LogP contribution < -0.4 is 4.74 Å². The molecule has 30 heavy (non-hydrogen) atoms. The first-order valence-electron chi connectivity index (χ1n) is 11.2. The quantitative estimate of drug-likeness (QED) is 0.198. The van der Waals surface area contributed by atoms with E-state index in [1.807, 2.05) is 48.5 Å². The van der Waals surface area contributed by atoms with E-state index in [2.05, 4.69) is 38.1 Å². The fourth-order valence-electron chi connectivity index (χ4n) is 3.64. The van der Waals surface area contributed by atoms with Gasteiger partial charge in [-0.05, 0) is 72.2 Å². The van der Waals surface area contributed by atoms with Gasteiger partial charge in [0.05, 0.1) is 5.56 Å². The number of aryl methyl sites for hydroxylation is 2. The van der Waals surface area contributed by atoms with Crippen LogP contribution in [0.25, 0.3) is 11.1 Å². The number of unbranched alkanes of at least 4 members (excludes halogenated alkanes) is 3. The van der Waals surface area contributed by atoms with Crippen LogP contribution in [0.5, 0.6) is 5.75 Å². The SMILES string of the molecule is CCCCCc1ccccc1-c1ccc(C(=O)Oc2ccc(CCCC)cc2)cc1. The van der Waals surface area contributed by atoms with Crippen LogP contribution in [0.2, 0.25) is 0 Å². The second kappa shape index (κ2) is 11.3. The molecule has 2 nitrogen and oxygen atoms in total. The average molecular weight is 401 g/mol. The molecule has 0 aliphatic heterocycles. The van der Waals surface area contributed by atoms with Gasteiger partial charge in [0.2, 0.25) is 0 Å². The number of hydrogen-bond acceptors (Lipinski definition) is 2. The topological polar surface area (TPSA) is 26.3 Å². The molecule has 0 spiro atoms. The lowest BCUT2D eigenvalue weighted by Gasteiger charge is -2.10. The van der Waals surface area contributed by atoms with Crippen LogP contribution >= 0.6 is 0 Å². The molecular formula is C28H32O2. The van der Waals surface area contributed by atoms with E-state index in [0.717, 1.165) is 18.4 Å². The molecule has 0 amide bonds. The standard InChI is InChI=1S/C28H32O2/c1-3-5-7-11-23-12-8-9-13-27(23)24-16-18-25(19-17-24)28(29)30-26-20-14-22(15-21-26)10-6-4-2/h8-9,12-21H,3-7,10-11H2,1-2H3. The van der Waals surface area contributed by atoms with Crippen LogP contribution in [0, 0.1) is 0 Å². The second-order valence-corrected chi connectivity index (χ2v) is 7.83. The third-order valence-electron chi connectivity index (χ3n) is 5.45. The third kappa shape index (κ3) is 6.06. The van der Waals surface area contributed by atoms with Crippen LogP contribution in [-0.4, -0.2) is 5.97 Å². The first-order chi connectivity index (χ1) is 14.7. The zero-order valence-electron chi connectivity index (χ0n) is 18.2. The predicted octanol–water partition coefficient (Wildman–Crippen LogP) is 7.65. The van der Waals surface area contributed by atoms with Gasteiger partial charge in [0.25, 0.3) is 0 Å². The van der Waals surface area contributed by atoms with E-state index in [4.69, 9.17) is 4.74 Å². The Balaban J connectivity index is 1.66. The average Bonchev–Trinajstić information content (AvgIpc) is 2.79. The molecule has 0 bridgehead atoms. The lowest BCUT2D eigenvalue weighted by molar-refractivity contribution is 0.0734. The molecule has 0 aromatic heterocycles. The van der Waals surface area contributed by atoms with Gasteiger partial charge >= 0.3 is 5.97 Å².